The highest BCUT2D eigenvalue weighted by Crippen LogP contribution is 2.41. The second-order valence-electron chi connectivity index (χ2n) is 14.4. The van der Waals surface area contributed by atoms with Crippen LogP contribution in [0, 0.1) is 0 Å². The SMILES string of the molecule is c1ccc(-c2nc(-c3ccc4c(c3)oc3cc(-n5c6ccccc6c6ccccc65)ccc34)nc(-c3cccc4c3oc3cccc(-c5ccccc5)c34)n2)cc1. The Morgan fingerprint density at radius 3 is 1.68 bits per heavy atom. The predicted octanol–water partition coefficient (Wildman–Crippen LogP) is 13.4. The van der Waals surface area contributed by atoms with Crippen LogP contribution in [0.2, 0.25) is 0 Å². The maximum Gasteiger partial charge on any atom is 0.167 e. The minimum absolute atomic E-state index is 0.533. The number of hydrogen-bond donors (Lipinski definition) is 0. The summed E-state index contributed by atoms with van der Waals surface area (Å²) in [7, 11) is 0. The van der Waals surface area contributed by atoms with Gasteiger partial charge in [0.25, 0.3) is 0 Å². The van der Waals surface area contributed by atoms with Crippen LogP contribution in [0.15, 0.2) is 191 Å². The van der Waals surface area contributed by atoms with Crippen LogP contribution in [0.4, 0.5) is 0 Å². The Morgan fingerprint density at radius 2 is 0.930 bits per heavy atom. The highest BCUT2D eigenvalue weighted by atomic mass is 16.3. The Labute approximate surface area is 325 Å². The number of furan rings is 2. The largest absolute Gasteiger partial charge is 0.456 e. The lowest BCUT2D eigenvalue weighted by Gasteiger charge is -2.09. The van der Waals surface area contributed by atoms with Crippen molar-refractivity contribution in [2.45, 2.75) is 0 Å². The maximum absolute atomic E-state index is 6.65. The van der Waals surface area contributed by atoms with Crippen molar-refractivity contribution in [2.75, 3.05) is 0 Å². The normalized spacial score (nSPS) is 11.9. The summed E-state index contributed by atoms with van der Waals surface area (Å²) in [6, 6.07) is 62.6. The quantitative estimate of drug-likeness (QED) is 0.176. The number of para-hydroxylation sites is 3. The number of nitrogens with zero attached hydrogens (tertiary/aromatic N) is 4. The van der Waals surface area contributed by atoms with Gasteiger partial charge in [0.05, 0.1) is 16.6 Å². The van der Waals surface area contributed by atoms with Crippen molar-refractivity contribution in [2.24, 2.45) is 0 Å². The standard InChI is InChI=1S/C51H30N4O2/c1-3-13-31(14-4-1)35-19-12-24-44-47(35)40-20-11-21-41(48(40)57-44)51-53-49(32-15-5-2-6-16-32)52-50(54-51)33-25-27-38-39-28-26-34(30-46(39)56-45(38)29-33)55-42-22-9-7-17-36(42)37-18-8-10-23-43(37)55/h1-30H. The number of hydrogen-bond acceptors (Lipinski definition) is 5. The van der Waals surface area contributed by atoms with E-state index in [-0.39, 0.29) is 0 Å². The maximum atomic E-state index is 6.65. The minimum atomic E-state index is 0.533. The van der Waals surface area contributed by atoms with Crippen molar-refractivity contribution in [1.82, 2.24) is 19.5 Å². The number of aromatic nitrogens is 4. The highest BCUT2D eigenvalue weighted by molar-refractivity contribution is 6.15. The van der Waals surface area contributed by atoms with E-state index in [1.807, 2.05) is 66.7 Å². The molecule has 0 fully saturated rings. The summed E-state index contributed by atoms with van der Waals surface area (Å²) < 4.78 is 15.6. The molecule has 0 saturated carbocycles. The van der Waals surface area contributed by atoms with E-state index in [1.165, 1.54) is 10.8 Å². The fourth-order valence-corrected chi connectivity index (χ4v) is 8.47. The van der Waals surface area contributed by atoms with E-state index in [4.69, 9.17) is 23.8 Å². The first kappa shape index (κ1) is 31.5. The molecule has 12 aromatic rings. The first-order chi connectivity index (χ1) is 28.2. The highest BCUT2D eigenvalue weighted by Gasteiger charge is 2.20. The molecule has 57 heavy (non-hydrogen) atoms. The van der Waals surface area contributed by atoms with E-state index in [9.17, 15) is 0 Å². The van der Waals surface area contributed by atoms with Gasteiger partial charge in [0.15, 0.2) is 17.5 Å². The second-order valence-corrected chi connectivity index (χ2v) is 14.4. The van der Waals surface area contributed by atoms with Crippen molar-refractivity contribution >= 4 is 65.7 Å². The first-order valence-electron chi connectivity index (χ1n) is 19.0. The summed E-state index contributed by atoms with van der Waals surface area (Å²) in [5.74, 6) is 1.66. The van der Waals surface area contributed by atoms with Crippen LogP contribution < -0.4 is 0 Å². The Hall–Kier alpha value is -7.83. The van der Waals surface area contributed by atoms with Gasteiger partial charge in [-0.2, -0.15) is 0 Å². The molecule has 4 aromatic heterocycles. The van der Waals surface area contributed by atoms with Crippen LogP contribution in [0.25, 0.3) is 117 Å². The van der Waals surface area contributed by atoms with Gasteiger partial charge < -0.3 is 13.4 Å². The molecule has 0 aliphatic heterocycles. The molecule has 4 heterocycles. The summed E-state index contributed by atoms with van der Waals surface area (Å²) in [4.78, 5) is 15.3. The first-order valence-corrected chi connectivity index (χ1v) is 19.0. The van der Waals surface area contributed by atoms with Gasteiger partial charge in [-0.3, -0.25) is 0 Å². The Kier molecular flexibility index (Phi) is 6.83. The summed E-state index contributed by atoms with van der Waals surface area (Å²) >= 11 is 0. The summed E-state index contributed by atoms with van der Waals surface area (Å²) in [6.45, 7) is 0. The molecule has 266 valence electrons. The zero-order chi connectivity index (χ0) is 37.5. The molecule has 6 nitrogen and oxygen atoms in total. The van der Waals surface area contributed by atoms with E-state index < -0.39 is 0 Å². The molecule has 0 radical (unpaired) electrons. The van der Waals surface area contributed by atoms with Gasteiger partial charge in [-0.15, -0.1) is 0 Å². The molecule has 0 aliphatic carbocycles. The van der Waals surface area contributed by atoms with Gasteiger partial charge in [0, 0.05) is 55.2 Å². The van der Waals surface area contributed by atoms with Crippen molar-refractivity contribution in [1.29, 1.82) is 0 Å². The Bertz CT molecular complexity index is 3470. The third-order valence-corrected chi connectivity index (χ3v) is 11.1. The van der Waals surface area contributed by atoms with Gasteiger partial charge in [-0.1, -0.05) is 127 Å². The molecule has 0 bridgehead atoms. The number of fused-ring (bicyclic) bond motifs is 9. The predicted molar refractivity (Wildman–Crippen MR) is 230 cm³/mol. The molecule has 12 rings (SSSR count). The van der Waals surface area contributed by atoms with Crippen LogP contribution in [0.3, 0.4) is 0 Å². The lowest BCUT2D eigenvalue weighted by molar-refractivity contribution is 0.668. The molecular formula is C51H30N4O2. The topological polar surface area (TPSA) is 69.9 Å². The lowest BCUT2D eigenvalue weighted by atomic mass is 9.99. The van der Waals surface area contributed by atoms with Gasteiger partial charge in [-0.25, -0.2) is 15.0 Å². The van der Waals surface area contributed by atoms with Crippen LogP contribution in [0.5, 0.6) is 0 Å². The summed E-state index contributed by atoms with van der Waals surface area (Å²) in [5, 5.41) is 6.60. The molecule has 0 atom stereocenters. The molecule has 0 aliphatic rings. The molecule has 0 N–H and O–H groups in total. The van der Waals surface area contributed by atoms with Crippen LogP contribution in [-0.2, 0) is 0 Å². The average molecular weight is 731 g/mol. The van der Waals surface area contributed by atoms with Gasteiger partial charge in [-0.05, 0) is 59.7 Å². The lowest BCUT2D eigenvalue weighted by Crippen LogP contribution is -2.00. The summed E-state index contributed by atoms with van der Waals surface area (Å²) in [6.07, 6.45) is 0. The monoisotopic (exact) mass is 730 g/mol. The molecule has 6 heteroatoms. The minimum Gasteiger partial charge on any atom is -0.456 e. The Morgan fingerprint density at radius 1 is 0.351 bits per heavy atom. The van der Waals surface area contributed by atoms with Crippen molar-refractivity contribution in [3.8, 4) is 51.0 Å². The van der Waals surface area contributed by atoms with Gasteiger partial charge in [0.1, 0.15) is 22.3 Å². The third kappa shape index (κ3) is 4.94. The molecule has 0 amide bonds. The fraction of sp³-hybridized carbons (Fsp3) is 0. The smallest absolute Gasteiger partial charge is 0.167 e. The summed E-state index contributed by atoms with van der Waals surface area (Å²) in [5.41, 5.74) is 11.3. The van der Waals surface area contributed by atoms with E-state index in [0.717, 1.165) is 88.4 Å². The molecule has 0 saturated heterocycles. The van der Waals surface area contributed by atoms with Crippen molar-refractivity contribution < 1.29 is 8.83 Å². The van der Waals surface area contributed by atoms with Crippen molar-refractivity contribution in [3.05, 3.63) is 182 Å². The Balaban J connectivity index is 1.02. The van der Waals surface area contributed by atoms with E-state index in [1.54, 1.807) is 0 Å². The number of rotatable bonds is 5. The van der Waals surface area contributed by atoms with Crippen LogP contribution >= 0.6 is 0 Å². The van der Waals surface area contributed by atoms with E-state index >= 15 is 0 Å². The van der Waals surface area contributed by atoms with Crippen LogP contribution in [-0.4, -0.2) is 19.5 Å². The van der Waals surface area contributed by atoms with Crippen molar-refractivity contribution in [3.63, 3.8) is 0 Å². The molecule has 8 aromatic carbocycles. The third-order valence-electron chi connectivity index (χ3n) is 11.1. The molecular weight excluding hydrogens is 701 g/mol. The average Bonchev–Trinajstić information content (AvgIpc) is 3.96. The second kappa shape index (κ2) is 12.3. The van der Waals surface area contributed by atoms with E-state index in [0.29, 0.717) is 17.5 Å². The molecule has 0 spiro atoms. The number of benzene rings is 8. The zero-order valence-electron chi connectivity index (χ0n) is 30.4. The van der Waals surface area contributed by atoms with Crippen LogP contribution in [0.1, 0.15) is 0 Å². The zero-order valence-corrected chi connectivity index (χ0v) is 30.4. The van der Waals surface area contributed by atoms with Gasteiger partial charge >= 0.3 is 0 Å². The fourth-order valence-electron chi connectivity index (χ4n) is 8.47. The van der Waals surface area contributed by atoms with Gasteiger partial charge in [0.2, 0.25) is 0 Å². The molecule has 0 unspecified atom stereocenters. The van der Waals surface area contributed by atoms with E-state index in [2.05, 4.69) is 120 Å².